The fourth-order valence-electron chi connectivity index (χ4n) is 2.32. The predicted molar refractivity (Wildman–Crippen MR) is 62.4 cm³/mol. The molecule has 0 amide bonds. The maximum atomic E-state index is 10.9. The van der Waals surface area contributed by atoms with Gasteiger partial charge in [-0.2, -0.15) is 0 Å². The first kappa shape index (κ1) is 10.2. The van der Waals surface area contributed by atoms with Gasteiger partial charge in [-0.15, -0.1) is 0 Å². The minimum atomic E-state index is 0.181. The van der Waals surface area contributed by atoms with Crippen LogP contribution in [0, 0.1) is 11.8 Å². The summed E-state index contributed by atoms with van der Waals surface area (Å²) in [5.74, 6) is 0.581. The van der Waals surface area contributed by atoms with E-state index in [1.54, 1.807) is 0 Å². The smallest absolute Gasteiger partial charge is 0.123 e. The molecule has 2 atom stereocenters. The van der Waals surface area contributed by atoms with Crippen molar-refractivity contribution in [2.75, 3.05) is 0 Å². The van der Waals surface area contributed by atoms with Crippen molar-refractivity contribution in [1.82, 2.24) is 0 Å². The lowest BCUT2D eigenvalue weighted by Gasteiger charge is -2.08. The van der Waals surface area contributed by atoms with Crippen molar-refractivity contribution in [3.05, 3.63) is 41.5 Å². The monoisotopic (exact) mass is 200 g/mol. The third-order valence-electron chi connectivity index (χ3n) is 3.54. The van der Waals surface area contributed by atoms with E-state index in [0.29, 0.717) is 5.92 Å². The van der Waals surface area contributed by atoms with Crippen molar-refractivity contribution in [2.24, 2.45) is 11.8 Å². The van der Waals surface area contributed by atoms with Crippen molar-refractivity contribution in [2.45, 2.75) is 20.3 Å². The van der Waals surface area contributed by atoms with Gasteiger partial charge in [0.2, 0.25) is 0 Å². The molecule has 0 unspecified atom stereocenters. The van der Waals surface area contributed by atoms with Crippen molar-refractivity contribution < 1.29 is 4.79 Å². The molecule has 1 nitrogen and oxygen atoms in total. The van der Waals surface area contributed by atoms with E-state index in [4.69, 9.17) is 0 Å². The number of carbonyl (C=O) groups excluding carboxylic acids is 1. The second-order valence-electron chi connectivity index (χ2n) is 4.32. The van der Waals surface area contributed by atoms with Crippen LogP contribution in [0.5, 0.6) is 0 Å². The highest BCUT2D eigenvalue weighted by Gasteiger charge is 2.28. The Morgan fingerprint density at radius 3 is 2.47 bits per heavy atom. The fourth-order valence-corrected chi connectivity index (χ4v) is 2.32. The van der Waals surface area contributed by atoms with E-state index >= 15 is 0 Å². The van der Waals surface area contributed by atoms with Gasteiger partial charge in [-0.05, 0) is 30.4 Å². The van der Waals surface area contributed by atoms with Crippen LogP contribution in [0.25, 0.3) is 5.57 Å². The molecule has 2 rings (SSSR count). The van der Waals surface area contributed by atoms with Crippen molar-refractivity contribution >= 4 is 11.9 Å². The lowest BCUT2D eigenvalue weighted by atomic mass is 9.95. The number of hydrogen-bond donors (Lipinski definition) is 0. The average molecular weight is 200 g/mol. The van der Waals surface area contributed by atoms with Gasteiger partial charge >= 0.3 is 0 Å². The van der Waals surface area contributed by atoms with Crippen LogP contribution in [0.15, 0.2) is 35.9 Å². The zero-order valence-corrected chi connectivity index (χ0v) is 9.23. The Hall–Kier alpha value is -1.37. The molecule has 0 fully saturated rings. The molecule has 0 saturated heterocycles. The van der Waals surface area contributed by atoms with Gasteiger partial charge in [-0.3, -0.25) is 0 Å². The zero-order valence-electron chi connectivity index (χ0n) is 9.23. The molecular weight excluding hydrogens is 184 g/mol. The largest absolute Gasteiger partial charge is 0.303 e. The van der Waals surface area contributed by atoms with Crippen LogP contribution in [0.4, 0.5) is 0 Å². The number of rotatable bonds is 2. The second kappa shape index (κ2) is 4.01. The van der Waals surface area contributed by atoms with E-state index in [1.807, 2.05) is 6.07 Å². The minimum absolute atomic E-state index is 0.181. The van der Waals surface area contributed by atoms with Gasteiger partial charge in [0.05, 0.1) is 0 Å². The molecule has 15 heavy (non-hydrogen) atoms. The van der Waals surface area contributed by atoms with Crippen molar-refractivity contribution in [3.8, 4) is 0 Å². The van der Waals surface area contributed by atoms with Crippen LogP contribution < -0.4 is 0 Å². The Balaban J connectivity index is 2.35. The summed E-state index contributed by atoms with van der Waals surface area (Å²) in [7, 11) is 0. The quantitative estimate of drug-likeness (QED) is 0.669. The minimum Gasteiger partial charge on any atom is -0.303 e. The first-order valence-electron chi connectivity index (χ1n) is 5.44. The van der Waals surface area contributed by atoms with E-state index in [-0.39, 0.29) is 5.92 Å². The molecule has 0 aliphatic heterocycles. The van der Waals surface area contributed by atoms with Crippen LogP contribution in [-0.2, 0) is 4.79 Å². The van der Waals surface area contributed by atoms with Crippen LogP contribution in [0.3, 0.4) is 0 Å². The van der Waals surface area contributed by atoms with Gasteiger partial charge in [0.15, 0.2) is 0 Å². The molecule has 1 aromatic carbocycles. The summed E-state index contributed by atoms with van der Waals surface area (Å²) >= 11 is 0. The van der Waals surface area contributed by atoms with Gasteiger partial charge in [-0.1, -0.05) is 42.8 Å². The van der Waals surface area contributed by atoms with Crippen LogP contribution >= 0.6 is 0 Å². The molecular formula is C14H16O. The summed E-state index contributed by atoms with van der Waals surface area (Å²) in [6.45, 7) is 4.29. The Morgan fingerprint density at radius 1 is 1.27 bits per heavy atom. The molecule has 0 bridgehead atoms. The number of benzene rings is 1. The Kier molecular flexibility index (Phi) is 2.72. The molecule has 0 heterocycles. The number of hydrogen-bond acceptors (Lipinski definition) is 1. The van der Waals surface area contributed by atoms with E-state index < -0.39 is 0 Å². The first-order chi connectivity index (χ1) is 7.24. The summed E-state index contributed by atoms with van der Waals surface area (Å²) in [5.41, 5.74) is 4.00. The number of carbonyl (C=O) groups is 1. The summed E-state index contributed by atoms with van der Waals surface area (Å²) in [6.07, 6.45) is 2.00. The van der Waals surface area contributed by atoms with Crippen LogP contribution in [0.1, 0.15) is 25.8 Å². The number of allylic oxidation sites excluding steroid dienone is 2. The molecule has 1 aliphatic carbocycles. The summed E-state index contributed by atoms with van der Waals surface area (Å²) in [6, 6.07) is 10.4. The summed E-state index contributed by atoms with van der Waals surface area (Å²) < 4.78 is 0. The third kappa shape index (κ3) is 1.74. The lowest BCUT2D eigenvalue weighted by Crippen LogP contribution is -2.07. The molecule has 0 saturated carbocycles. The standard InChI is InChI=1S/C14H16O/c1-10-11(2)14(8-13(10)9-15)12-6-4-3-5-7-12/h3-7,9-10,13H,8H2,1-2H3/t10-,13+/m1/s1. The first-order valence-corrected chi connectivity index (χ1v) is 5.44. The van der Waals surface area contributed by atoms with Gasteiger partial charge in [0.25, 0.3) is 0 Å². The van der Waals surface area contributed by atoms with Gasteiger partial charge < -0.3 is 4.79 Å². The number of aldehydes is 1. The summed E-state index contributed by atoms with van der Waals surface area (Å²) in [5, 5.41) is 0. The molecule has 1 aromatic rings. The Morgan fingerprint density at radius 2 is 1.93 bits per heavy atom. The van der Waals surface area contributed by atoms with Gasteiger partial charge in [0.1, 0.15) is 6.29 Å². The van der Waals surface area contributed by atoms with E-state index in [0.717, 1.165) is 12.7 Å². The maximum absolute atomic E-state index is 10.9. The lowest BCUT2D eigenvalue weighted by molar-refractivity contribution is -0.111. The topological polar surface area (TPSA) is 17.1 Å². The Labute approximate surface area is 90.8 Å². The molecule has 0 radical (unpaired) electrons. The van der Waals surface area contributed by atoms with Crippen molar-refractivity contribution in [3.63, 3.8) is 0 Å². The molecule has 0 aromatic heterocycles. The zero-order chi connectivity index (χ0) is 10.8. The molecule has 1 aliphatic rings. The van der Waals surface area contributed by atoms with Gasteiger partial charge in [0, 0.05) is 5.92 Å². The van der Waals surface area contributed by atoms with E-state index in [2.05, 4.69) is 38.1 Å². The molecule has 1 heteroatoms. The van der Waals surface area contributed by atoms with E-state index in [9.17, 15) is 4.79 Å². The molecule has 78 valence electrons. The van der Waals surface area contributed by atoms with Crippen LogP contribution in [-0.4, -0.2) is 6.29 Å². The highest BCUT2D eigenvalue weighted by atomic mass is 16.1. The maximum Gasteiger partial charge on any atom is 0.123 e. The normalized spacial score (nSPS) is 25.7. The molecule has 0 spiro atoms. The van der Waals surface area contributed by atoms with E-state index in [1.165, 1.54) is 16.7 Å². The summed E-state index contributed by atoms with van der Waals surface area (Å²) in [4.78, 5) is 10.9. The predicted octanol–water partition coefficient (Wildman–Crippen LogP) is 3.32. The third-order valence-corrected chi connectivity index (χ3v) is 3.54. The molecule has 0 N–H and O–H groups in total. The second-order valence-corrected chi connectivity index (χ2v) is 4.32. The highest BCUT2D eigenvalue weighted by molar-refractivity contribution is 5.76. The van der Waals surface area contributed by atoms with Crippen molar-refractivity contribution in [1.29, 1.82) is 0 Å². The Bertz CT molecular complexity index is 389. The SMILES string of the molecule is CC1=C(c2ccccc2)C[C@@H](C=O)[C@@H]1C. The fraction of sp³-hybridized carbons (Fsp3) is 0.357. The van der Waals surface area contributed by atoms with Crippen LogP contribution in [0.2, 0.25) is 0 Å². The average Bonchev–Trinajstić information content (AvgIpc) is 2.57. The van der Waals surface area contributed by atoms with Gasteiger partial charge in [-0.25, -0.2) is 0 Å². The highest BCUT2D eigenvalue weighted by Crippen LogP contribution is 2.40.